The summed E-state index contributed by atoms with van der Waals surface area (Å²) in [6.45, 7) is 3.33. The predicted octanol–water partition coefficient (Wildman–Crippen LogP) is 1.91. The summed E-state index contributed by atoms with van der Waals surface area (Å²) in [6, 6.07) is 2.62. The fourth-order valence-corrected chi connectivity index (χ4v) is 1.17. The Kier molecular flexibility index (Phi) is 5.39. The summed E-state index contributed by atoms with van der Waals surface area (Å²) in [5.41, 5.74) is 0.581. The first-order valence-electron chi connectivity index (χ1n) is 4.43. The number of allylic oxidation sites excluding steroid dienone is 1. The van der Waals surface area contributed by atoms with Crippen molar-refractivity contribution in [3.63, 3.8) is 0 Å². The third kappa shape index (κ3) is 3.47. The van der Waals surface area contributed by atoms with Crippen molar-refractivity contribution < 1.29 is 20.1 Å². The normalized spacial score (nSPS) is 9.25. The van der Waals surface area contributed by atoms with E-state index in [4.69, 9.17) is 5.11 Å². The Morgan fingerprint density at radius 2 is 1.75 bits per heavy atom. The summed E-state index contributed by atoms with van der Waals surface area (Å²) in [7, 11) is 0. The lowest BCUT2D eigenvalue weighted by atomic mass is 10.1. The van der Waals surface area contributed by atoms with Crippen molar-refractivity contribution >= 4 is 18.2 Å². The lowest BCUT2D eigenvalue weighted by molar-refractivity contribution is -0.114. The maximum atomic E-state index is 10.9. The SMILES string of the molecule is C=CC(=O)CCc1cc(O)c(O)c(O)c1.Cl. The predicted molar refractivity (Wildman–Crippen MR) is 62.2 cm³/mol. The molecule has 0 fully saturated rings. The zero-order valence-electron chi connectivity index (χ0n) is 8.51. The Bertz CT molecular complexity index is 378. The van der Waals surface area contributed by atoms with Crippen LogP contribution in [-0.4, -0.2) is 21.1 Å². The van der Waals surface area contributed by atoms with Crippen molar-refractivity contribution in [2.45, 2.75) is 12.8 Å². The van der Waals surface area contributed by atoms with Crippen LogP contribution in [0.1, 0.15) is 12.0 Å². The van der Waals surface area contributed by atoms with Crippen LogP contribution in [0.2, 0.25) is 0 Å². The molecule has 16 heavy (non-hydrogen) atoms. The van der Waals surface area contributed by atoms with E-state index in [0.717, 1.165) is 0 Å². The molecule has 0 bridgehead atoms. The van der Waals surface area contributed by atoms with E-state index in [2.05, 4.69) is 6.58 Å². The molecule has 1 aromatic rings. The van der Waals surface area contributed by atoms with E-state index in [1.807, 2.05) is 0 Å². The van der Waals surface area contributed by atoms with Crippen LogP contribution < -0.4 is 0 Å². The Morgan fingerprint density at radius 1 is 1.25 bits per heavy atom. The van der Waals surface area contributed by atoms with E-state index in [0.29, 0.717) is 12.0 Å². The molecule has 0 radical (unpaired) electrons. The summed E-state index contributed by atoms with van der Waals surface area (Å²) in [6.07, 6.45) is 1.86. The highest BCUT2D eigenvalue weighted by Gasteiger charge is 2.08. The van der Waals surface area contributed by atoms with Gasteiger partial charge in [-0.2, -0.15) is 0 Å². The van der Waals surface area contributed by atoms with Crippen molar-refractivity contribution in [1.82, 2.24) is 0 Å². The van der Waals surface area contributed by atoms with E-state index in [9.17, 15) is 15.0 Å². The topological polar surface area (TPSA) is 77.8 Å². The van der Waals surface area contributed by atoms with Crippen LogP contribution in [0.25, 0.3) is 0 Å². The second-order valence-electron chi connectivity index (χ2n) is 3.15. The van der Waals surface area contributed by atoms with Gasteiger partial charge in [0.1, 0.15) is 0 Å². The van der Waals surface area contributed by atoms with E-state index in [1.54, 1.807) is 0 Å². The molecule has 1 aromatic carbocycles. The lowest BCUT2D eigenvalue weighted by Gasteiger charge is -2.04. The van der Waals surface area contributed by atoms with Gasteiger partial charge in [-0.05, 0) is 30.2 Å². The summed E-state index contributed by atoms with van der Waals surface area (Å²) in [4.78, 5) is 10.9. The first-order valence-corrected chi connectivity index (χ1v) is 4.43. The van der Waals surface area contributed by atoms with E-state index in [1.165, 1.54) is 18.2 Å². The van der Waals surface area contributed by atoms with Crippen molar-refractivity contribution in [1.29, 1.82) is 0 Å². The average Bonchev–Trinajstić information content (AvgIpc) is 2.22. The molecule has 0 spiro atoms. The van der Waals surface area contributed by atoms with Crippen LogP contribution >= 0.6 is 12.4 Å². The van der Waals surface area contributed by atoms with Crippen molar-refractivity contribution in [2.75, 3.05) is 0 Å². The minimum atomic E-state index is -0.547. The third-order valence-electron chi connectivity index (χ3n) is 2.02. The van der Waals surface area contributed by atoms with Crippen LogP contribution in [0.5, 0.6) is 17.2 Å². The second-order valence-corrected chi connectivity index (χ2v) is 3.15. The first kappa shape index (κ1) is 14.3. The fourth-order valence-electron chi connectivity index (χ4n) is 1.17. The summed E-state index contributed by atoms with van der Waals surface area (Å²) >= 11 is 0. The lowest BCUT2D eigenvalue weighted by Crippen LogP contribution is -1.95. The fraction of sp³-hybridized carbons (Fsp3) is 0.182. The smallest absolute Gasteiger partial charge is 0.200 e. The van der Waals surface area contributed by atoms with Gasteiger partial charge in [0, 0.05) is 6.42 Å². The molecule has 0 unspecified atom stereocenters. The van der Waals surface area contributed by atoms with Crippen molar-refractivity contribution in [3.8, 4) is 17.2 Å². The minimum absolute atomic E-state index is 0. The molecular weight excluding hydrogens is 232 g/mol. The molecule has 0 aromatic heterocycles. The Hall–Kier alpha value is -1.68. The molecule has 0 atom stereocenters. The quantitative estimate of drug-likeness (QED) is 0.559. The minimum Gasteiger partial charge on any atom is -0.504 e. The van der Waals surface area contributed by atoms with Crippen LogP contribution in [-0.2, 0) is 11.2 Å². The zero-order chi connectivity index (χ0) is 11.4. The van der Waals surface area contributed by atoms with Crippen LogP contribution in [0.15, 0.2) is 24.8 Å². The van der Waals surface area contributed by atoms with E-state index in [-0.39, 0.29) is 24.6 Å². The molecular formula is C11H13ClO4. The van der Waals surface area contributed by atoms with Gasteiger partial charge >= 0.3 is 0 Å². The number of halogens is 1. The standard InChI is InChI=1S/C11H12O4.ClH/c1-2-8(12)4-3-7-5-9(13)11(15)10(14)6-7;/h2,5-6,13-15H,1,3-4H2;1H. The maximum Gasteiger partial charge on any atom is 0.200 e. The molecule has 3 N–H and O–H groups in total. The van der Waals surface area contributed by atoms with Gasteiger partial charge in [-0.15, -0.1) is 12.4 Å². The molecule has 0 heterocycles. The maximum absolute atomic E-state index is 10.9. The molecule has 0 aliphatic heterocycles. The number of phenols is 3. The number of hydrogen-bond donors (Lipinski definition) is 3. The van der Waals surface area contributed by atoms with Crippen molar-refractivity contribution in [2.24, 2.45) is 0 Å². The number of phenolic OH excluding ortho intramolecular Hbond substituents is 3. The molecule has 1 rings (SSSR count). The Morgan fingerprint density at radius 3 is 2.19 bits per heavy atom. The van der Waals surface area contributed by atoms with Gasteiger partial charge in [0.2, 0.25) is 0 Å². The summed E-state index contributed by atoms with van der Waals surface area (Å²) < 4.78 is 0. The van der Waals surface area contributed by atoms with Gasteiger partial charge in [0.25, 0.3) is 0 Å². The van der Waals surface area contributed by atoms with Crippen LogP contribution in [0.3, 0.4) is 0 Å². The van der Waals surface area contributed by atoms with Gasteiger partial charge < -0.3 is 15.3 Å². The number of hydrogen-bond acceptors (Lipinski definition) is 4. The monoisotopic (exact) mass is 244 g/mol. The zero-order valence-corrected chi connectivity index (χ0v) is 9.33. The Labute approximate surface area is 99.3 Å². The summed E-state index contributed by atoms with van der Waals surface area (Å²) in [5, 5.41) is 27.4. The highest BCUT2D eigenvalue weighted by molar-refractivity contribution is 5.89. The number of carbonyl (C=O) groups is 1. The molecule has 0 amide bonds. The number of benzene rings is 1. The van der Waals surface area contributed by atoms with Gasteiger partial charge in [-0.1, -0.05) is 6.58 Å². The molecule has 0 saturated carbocycles. The summed E-state index contributed by atoms with van der Waals surface area (Å²) in [5.74, 6) is -1.44. The number of ketones is 1. The number of aromatic hydroxyl groups is 3. The number of carbonyl (C=O) groups excluding carboxylic acids is 1. The first-order chi connectivity index (χ1) is 7.04. The second kappa shape index (κ2) is 6.02. The third-order valence-corrected chi connectivity index (χ3v) is 2.02. The molecule has 0 aliphatic rings. The van der Waals surface area contributed by atoms with Gasteiger partial charge in [0.15, 0.2) is 23.0 Å². The molecule has 5 heteroatoms. The van der Waals surface area contributed by atoms with E-state index < -0.39 is 17.2 Å². The highest BCUT2D eigenvalue weighted by atomic mass is 35.5. The number of aryl methyl sites for hydroxylation is 1. The molecule has 88 valence electrons. The van der Waals surface area contributed by atoms with Crippen LogP contribution in [0, 0.1) is 0 Å². The average molecular weight is 245 g/mol. The Balaban J connectivity index is 0.00000225. The largest absolute Gasteiger partial charge is 0.504 e. The van der Waals surface area contributed by atoms with E-state index >= 15 is 0 Å². The van der Waals surface area contributed by atoms with Gasteiger partial charge in [-0.25, -0.2) is 0 Å². The van der Waals surface area contributed by atoms with Crippen molar-refractivity contribution in [3.05, 3.63) is 30.4 Å². The molecule has 4 nitrogen and oxygen atoms in total. The highest BCUT2D eigenvalue weighted by Crippen LogP contribution is 2.35. The van der Waals surface area contributed by atoms with Gasteiger partial charge in [0.05, 0.1) is 0 Å². The number of rotatable bonds is 4. The van der Waals surface area contributed by atoms with Gasteiger partial charge in [-0.3, -0.25) is 4.79 Å². The molecule has 0 aliphatic carbocycles. The molecule has 0 saturated heterocycles. The van der Waals surface area contributed by atoms with Crippen LogP contribution in [0.4, 0.5) is 0 Å².